The first-order valence-electron chi connectivity index (χ1n) is 9.15. The van der Waals surface area contributed by atoms with Gasteiger partial charge >= 0.3 is 0 Å². The number of hydrogen-bond acceptors (Lipinski definition) is 6. The molecule has 0 radical (unpaired) electrons. The third kappa shape index (κ3) is 5.48. The molecule has 0 aliphatic heterocycles. The Hall–Kier alpha value is -2.77. The molecule has 1 heterocycles. The highest BCUT2D eigenvalue weighted by atomic mass is 35.5. The van der Waals surface area contributed by atoms with Gasteiger partial charge in [-0.2, -0.15) is 9.57 Å². The van der Waals surface area contributed by atoms with Crippen LogP contribution in [0.1, 0.15) is 21.6 Å². The lowest BCUT2D eigenvalue weighted by Gasteiger charge is -2.16. The molecular formula is C21H19ClN4O3S2. The highest BCUT2D eigenvalue weighted by Gasteiger charge is 2.23. The fraction of sp³-hybridized carbons (Fsp3) is 0.190. The van der Waals surface area contributed by atoms with Crippen LogP contribution in [-0.2, 0) is 21.2 Å². The molecule has 1 amide bonds. The van der Waals surface area contributed by atoms with E-state index in [0.717, 1.165) is 20.3 Å². The molecule has 0 bridgehead atoms. The minimum absolute atomic E-state index is 0.00775. The molecule has 0 aliphatic rings. The summed E-state index contributed by atoms with van der Waals surface area (Å²) in [4.78, 5) is 17.5. The highest BCUT2D eigenvalue weighted by molar-refractivity contribution is 7.89. The van der Waals surface area contributed by atoms with Crippen LogP contribution in [0.4, 0.5) is 5.13 Å². The van der Waals surface area contributed by atoms with Crippen molar-refractivity contribution >= 4 is 44.0 Å². The molecule has 31 heavy (non-hydrogen) atoms. The van der Waals surface area contributed by atoms with E-state index in [4.69, 9.17) is 16.9 Å². The molecule has 3 aromatic rings. The lowest BCUT2D eigenvalue weighted by Crippen LogP contribution is -2.34. The Morgan fingerprint density at radius 3 is 2.65 bits per heavy atom. The smallest absolute Gasteiger partial charge is 0.243 e. The topological polar surface area (TPSA) is 103 Å². The normalized spacial score (nSPS) is 11.3. The van der Waals surface area contributed by atoms with Gasteiger partial charge in [0, 0.05) is 29.6 Å². The average molecular weight is 475 g/mol. The second-order valence-electron chi connectivity index (χ2n) is 6.80. The van der Waals surface area contributed by atoms with Crippen LogP contribution in [0.15, 0.2) is 53.6 Å². The minimum Gasteiger partial charge on any atom is -0.301 e. The van der Waals surface area contributed by atoms with Crippen molar-refractivity contribution in [2.75, 3.05) is 18.9 Å². The molecular weight excluding hydrogens is 456 g/mol. The van der Waals surface area contributed by atoms with Crippen LogP contribution in [0.5, 0.6) is 0 Å². The number of anilines is 1. The first-order chi connectivity index (χ1) is 14.7. The Morgan fingerprint density at radius 2 is 1.97 bits per heavy atom. The van der Waals surface area contributed by atoms with Gasteiger partial charge in [0.05, 0.1) is 23.1 Å². The van der Waals surface area contributed by atoms with Gasteiger partial charge in [-0.15, -0.1) is 11.3 Å². The number of halogens is 1. The van der Waals surface area contributed by atoms with E-state index < -0.39 is 15.9 Å². The maximum atomic E-state index is 12.6. The van der Waals surface area contributed by atoms with Gasteiger partial charge in [-0.1, -0.05) is 29.8 Å². The van der Waals surface area contributed by atoms with Gasteiger partial charge in [0.25, 0.3) is 0 Å². The molecule has 3 rings (SSSR count). The molecule has 0 aliphatic carbocycles. The quantitative estimate of drug-likeness (QED) is 0.560. The van der Waals surface area contributed by atoms with E-state index in [1.54, 1.807) is 6.20 Å². The van der Waals surface area contributed by atoms with E-state index in [-0.39, 0.29) is 11.4 Å². The number of thiazole rings is 1. The zero-order valence-electron chi connectivity index (χ0n) is 16.8. The van der Waals surface area contributed by atoms with Crippen molar-refractivity contribution in [3.05, 3.63) is 75.3 Å². The molecule has 0 saturated carbocycles. The summed E-state index contributed by atoms with van der Waals surface area (Å²) < 4.78 is 26.2. The predicted molar refractivity (Wildman–Crippen MR) is 121 cm³/mol. The number of aromatic nitrogens is 1. The second kappa shape index (κ2) is 9.58. The van der Waals surface area contributed by atoms with E-state index in [1.165, 1.54) is 42.6 Å². The summed E-state index contributed by atoms with van der Waals surface area (Å²) in [7, 11) is -2.54. The molecule has 1 aromatic heterocycles. The van der Waals surface area contributed by atoms with Gasteiger partial charge in [-0.3, -0.25) is 4.79 Å². The highest BCUT2D eigenvalue weighted by Crippen LogP contribution is 2.26. The van der Waals surface area contributed by atoms with E-state index in [2.05, 4.69) is 10.3 Å². The zero-order valence-corrected chi connectivity index (χ0v) is 19.2. The number of amides is 1. The molecule has 0 fully saturated rings. The summed E-state index contributed by atoms with van der Waals surface area (Å²) in [5.41, 5.74) is 2.31. The molecule has 7 nitrogen and oxygen atoms in total. The van der Waals surface area contributed by atoms with Crippen molar-refractivity contribution < 1.29 is 13.2 Å². The number of sulfonamides is 1. The standard InChI is InChI=1S/C21H19ClN4O3S2/c1-14-4-3-5-16(20(14)22)10-17-12-24-21(30-17)25-19(27)13-26(2)31(28,29)18-8-6-15(11-23)7-9-18/h3-9,12H,10,13H2,1-2H3,(H,24,25,27). The summed E-state index contributed by atoms with van der Waals surface area (Å²) in [6.45, 7) is 1.56. The Kier molecular flexibility index (Phi) is 7.08. The zero-order chi connectivity index (χ0) is 22.6. The van der Waals surface area contributed by atoms with Crippen LogP contribution >= 0.6 is 22.9 Å². The number of carbonyl (C=O) groups excluding carboxylic acids is 1. The maximum Gasteiger partial charge on any atom is 0.243 e. The number of carbonyl (C=O) groups is 1. The van der Waals surface area contributed by atoms with Crippen LogP contribution in [0.2, 0.25) is 5.02 Å². The lowest BCUT2D eigenvalue weighted by atomic mass is 10.1. The number of likely N-dealkylation sites (N-methyl/N-ethyl adjacent to an activating group) is 1. The molecule has 2 aromatic carbocycles. The summed E-state index contributed by atoms with van der Waals surface area (Å²) in [5, 5.41) is 12.6. The third-order valence-corrected chi connectivity index (χ3v) is 7.77. The molecule has 0 saturated heterocycles. The van der Waals surface area contributed by atoms with Crippen molar-refractivity contribution in [3.63, 3.8) is 0 Å². The van der Waals surface area contributed by atoms with Crippen molar-refractivity contribution in [2.45, 2.75) is 18.2 Å². The van der Waals surface area contributed by atoms with Gasteiger partial charge in [0.1, 0.15) is 0 Å². The Balaban J connectivity index is 1.63. The number of hydrogen-bond donors (Lipinski definition) is 1. The summed E-state index contributed by atoms with van der Waals surface area (Å²) >= 11 is 7.64. The van der Waals surface area contributed by atoms with E-state index in [9.17, 15) is 13.2 Å². The number of benzene rings is 2. The van der Waals surface area contributed by atoms with Crippen LogP contribution in [-0.4, -0.2) is 37.2 Å². The fourth-order valence-corrected chi connectivity index (χ4v) is 4.98. The lowest BCUT2D eigenvalue weighted by molar-refractivity contribution is -0.116. The number of nitrogens with zero attached hydrogens (tertiary/aromatic N) is 3. The molecule has 0 unspecified atom stereocenters. The monoisotopic (exact) mass is 474 g/mol. The van der Waals surface area contributed by atoms with Gasteiger partial charge < -0.3 is 5.32 Å². The average Bonchev–Trinajstić information content (AvgIpc) is 3.18. The Bertz CT molecular complexity index is 1250. The molecule has 0 spiro atoms. The van der Waals surface area contributed by atoms with Gasteiger partial charge in [-0.05, 0) is 42.3 Å². The van der Waals surface area contributed by atoms with Crippen LogP contribution in [0.25, 0.3) is 0 Å². The summed E-state index contributed by atoms with van der Waals surface area (Å²) in [6.07, 6.45) is 2.25. The fourth-order valence-electron chi connectivity index (χ4n) is 2.81. The van der Waals surface area contributed by atoms with Crippen molar-refractivity contribution in [3.8, 4) is 6.07 Å². The van der Waals surface area contributed by atoms with Crippen molar-refractivity contribution in [2.24, 2.45) is 0 Å². The predicted octanol–water partition coefficient (Wildman–Crippen LogP) is 3.83. The largest absolute Gasteiger partial charge is 0.301 e. The minimum atomic E-state index is -3.86. The number of nitrogens with one attached hydrogen (secondary N) is 1. The third-order valence-electron chi connectivity index (χ3n) is 4.49. The maximum absolute atomic E-state index is 12.6. The van der Waals surface area contributed by atoms with Crippen LogP contribution < -0.4 is 5.32 Å². The number of aryl methyl sites for hydroxylation is 1. The van der Waals surface area contributed by atoms with Gasteiger partial charge in [0.15, 0.2) is 5.13 Å². The van der Waals surface area contributed by atoms with Crippen LogP contribution in [0.3, 0.4) is 0 Å². The number of rotatable bonds is 7. The molecule has 1 N–H and O–H groups in total. The second-order valence-corrected chi connectivity index (χ2v) is 10.3. The Labute approximate surface area is 190 Å². The van der Waals surface area contributed by atoms with Gasteiger partial charge in [-0.25, -0.2) is 13.4 Å². The van der Waals surface area contributed by atoms with E-state index in [1.807, 2.05) is 31.2 Å². The van der Waals surface area contributed by atoms with Crippen molar-refractivity contribution in [1.82, 2.24) is 9.29 Å². The SMILES string of the molecule is Cc1cccc(Cc2cnc(NC(=O)CN(C)S(=O)(=O)c3ccc(C#N)cc3)s2)c1Cl. The first kappa shape index (κ1) is 22.9. The Morgan fingerprint density at radius 1 is 1.26 bits per heavy atom. The molecule has 10 heteroatoms. The molecule has 0 atom stereocenters. The van der Waals surface area contributed by atoms with Gasteiger partial charge in [0.2, 0.25) is 15.9 Å². The van der Waals surface area contributed by atoms with E-state index in [0.29, 0.717) is 22.1 Å². The summed E-state index contributed by atoms with van der Waals surface area (Å²) in [5.74, 6) is -0.505. The van der Waals surface area contributed by atoms with Crippen molar-refractivity contribution in [1.29, 1.82) is 5.26 Å². The first-order valence-corrected chi connectivity index (χ1v) is 11.8. The van der Waals surface area contributed by atoms with Crippen LogP contribution in [0, 0.1) is 18.3 Å². The number of nitriles is 1. The summed E-state index contributed by atoms with van der Waals surface area (Å²) in [6, 6.07) is 13.3. The van der Waals surface area contributed by atoms with E-state index >= 15 is 0 Å². The molecule has 160 valence electrons.